The molecule has 3 nitrogen and oxygen atoms in total. The molecule has 1 heterocycles. The van der Waals surface area contributed by atoms with Gasteiger partial charge in [-0.05, 0) is 86.7 Å². The lowest BCUT2D eigenvalue weighted by Crippen LogP contribution is -2.34. The van der Waals surface area contributed by atoms with Gasteiger partial charge < -0.3 is 14.6 Å². The van der Waals surface area contributed by atoms with Gasteiger partial charge in [0.25, 0.3) is 0 Å². The minimum Gasteiger partial charge on any atom is -0.497 e. The van der Waals surface area contributed by atoms with E-state index in [1.54, 1.807) is 18.9 Å². The Balaban J connectivity index is 1.70. The summed E-state index contributed by atoms with van der Waals surface area (Å²) in [6.45, 7) is 5.97. The molecule has 1 atom stereocenters. The van der Waals surface area contributed by atoms with Gasteiger partial charge in [0.15, 0.2) is 0 Å². The fourth-order valence-corrected chi connectivity index (χ4v) is 4.25. The zero-order valence-electron chi connectivity index (χ0n) is 14.5. The molecule has 2 aromatic rings. The van der Waals surface area contributed by atoms with Crippen molar-refractivity contribution in [3.8, 4) is 5.75 Å². The van der Waals surface area contributed by atoms with Gasteiger partial charge in [-0.15, -0.1) is 0 Å². The second-order valence-electron chi connectivity index (χ2n) is 6.41. The molecular weight excluding hydrogens is 317 g/mol. The molecule has 126 valence electrons. The third kappa shape index (κ3) is 3.97. The first-order valence-corrected chi connectivity index (χ1v) is 9.23. The molecule has 0 amide bonds. The summed E-state index contributed by atoms with van der Waals surface area (Å²) in [7, 11) is 1.34. The zero-order valence-corrected chi connectivity index (χ0v) is 15.3. The van der Waals surface area contributed by atoms with Crippen molar-refractivity contribution >= 4 is 18.8 Å². The predicted octanol–water partition coefficient (Wildman–Crippen LogP) is 4.05. The first kappa shape index (κ1) is 17.4. The summed E-state index contributed by atoms with van der Waals surface area (Å²) in [5.41, 5.74) is 2.75. The Bertz CT molecular complexity index is 690. The van der Waals surface area contributed by atoms with E-state index in [-0.39, 0.29) is 7.05 Å². The van der Waals surface area contributed by atoms with Crippen LogP contribution in [0.2, 0.25) is 6.82 Å². The Morgan fingerprint density at radius 1 is 1.17 bits per heavy atom. The number of nitrogens with zero attached hydrogens (tertiary/aromatic N) is 1. The van der Waals surface area contributed by atoms with Crippen LogP contribution in [0.4, 0.5) is 0 Å². The number of aryl methyl sites for hydroxylation is 1. The molecule has 0 bridgehead atoms. The molecule has 24 heavy (non-hydrogen) atoms. The van der Waals surface area contributed by atoms with E-state index in [2.05, 4.69) is 42.1 Å². The van der Waals surface area contributed by atoms with Crippen molar-refractivity contribution in [1.29, 1.82) is 0 Å². The highest BCUT2D eigenvalue weighted by molar-refractivity contribution is 7.99. The largest absolute Gasteiger partial charge is 0.497 e. The molecule has 1 fully saturated rings. The van der Waals surface area contributed by atoms with Gasteiger partial charge in [0.1, 0.15) is 5.75 Å². The van der Waals surface area contributed by atoms with Crippen molar-refractivity contribution in [3.05, 3.63) is 53.6 Å². The average molecular weight is 341 g/mol. The van der Waals surface area contributed by atoms with Crippen LogP contribution >= 0.6 is 11.8 Å². The SMILES string of the molecule is COc1ccc(Sc2ccc(C3CCN(B(C)O)C3)c(C)c2)cc1. The highest BCUT2D eigenvalue weighted by Gasteiger charge is 2.28. The van der Waals surface area contributed by atoms with Crippen LogP contribution in [0.3, 0.4) is 0 Å². The summed E-state index contributed by atoms with van der Waals surface area (Å²) in [5.74, 6) is 1.41. The van der Waals surface area contributed by atoms with Gasteiger partial charge in [-0.2, -0.15) is 0 Å². The van der Waals surface area contributed by atoms with Crippen LogP contribution < -0.4 is 4.74 Å². The van der Waals surface area contributed by atoms with Gasteiger partial charge in [-0.3, -0.25) is 0 Å². The molecule has 0 spiro atoms. The lowest BCUT2D eigenvalue weighted by atomic mass is 9.85. The lowest BCUT2D eigenvalue weighted by molar-refractivity contribution is 0.414. The normalized spacial score (nSPS) is 17.9. The molecule has 0 saturated carbocycles. The van der Waals surface area contributed by atoms with Crippen LogP contribution in [0.15, 0.2) is 52.3 Å². The van der Waals surface area contributed by atoms with Crippen molar-refractivity contribution < 1.29 is 9.76 Å². The van der Waals surface area contributed by atoms with Crippen LogP contribution in [0, 0.1) is 6.92 Å². The molecule has 1 aliphatic heterocycles. The van der Waals surface area contributed by atoms with Crippen LogP contribution in [-0.2, 0) is 0 Å². The fourth-order valence-electron chi connectivity index (χ4n) is 3.33. The second kappa shape index (κ2) is 7.64. The highest BCUT2D eigenvalue weighted by Crippen LogP contribution is 2.34. The zero-order chi connectivity index (χ0) is 17.1. The third-order valence-corrected chi connectivity index (χ3v) is 5.72. The highest BCUT2D eigenvalue weighted by atomic mass is 32.2. The Morgan fingerprint density at radius 2 is 1.88 bits per heavy atom. The molecule has 5 heteroatoms. The molecule has 1 N–H and O–H groups in total. The van der Waals surface area contributed by atoms with Crippen molar-refractivity contribution in [1.82, 2.24) is 4.81 Å². The lowest BCUT2D eigenvalue weighted by Gasteiger charge is -2.18. The van der Waals surface area contributed by atoms with Crippen molar-refractivity contribution in [3.63, 3.8) is 0 Å². The van der Waals surface area contributed by atoms with Crippen LogP contribution in [0.25, 0.3) is 0 Å². The van der Waals surface area contributed by atoms with E-state index in [4.69, 9.17) is 4.74 Å². The molecule has 2 aromatic carbocycles. The summed E-state index contributed by atoms with van der Waals surface area (Å²) in [4.78, 5) is 4.61. The smallest absolute Gasteiger partial charge is 0.376 e. The Hall–Kier alpha value is -1.43. The molecule has 0 aromatic heterocycles. The number of hydrogen-bond donors (Lipinski definition) is 1. The monoisotopic (exact) mass is 341 g/mol. The van der Waals surface area contributed by atoms with Gasteiger partial charge in [-0.25, -0.2) is 0 Å². The molecular formula is C19H24BNO2S. The average Bonchev–Trinajstić information content (AvgIpc) is 3.06. The summed E-state index contributed by atoms with van der Waals surface area (Å²) in [5, 5.41) is 9.75. The van der Waals surface area contributed by atoms with Gasteiger partial charge >= 0.3 is 7.05 Å². The Morgan fingerprint density at radius 3 is 2.46 bits per heavy atom. The molecule has 0 radical (unpaired) electrons. The van der Waals surface area contributed by atoms with Gasteiger partial charge in [0.2, 0.25) is 0 Å². The maximum Gasteiger partial charge on any atom is 0.376 e. The first-order chi connectivity index (χ1) is 11.6. The molecule has 1 aliphatic rings. The number of methoxy groups -OCH3 is 1. The maximum atomic E-state index is 9.75. The molecule has 1 saturated heterocycles. The van der Waals surface area contributed by atoms with E-state index < -0.39 is 0 Å². The van der Waals surface area contributed by atoms with Gasteiger partial charge in [0, 0.05) is 9.79 Å². The number of ether oxygens (including phenoxy) is 1. The van der Waals surface area contributed by atoms with E-state index in [1.165, 1.54) is 20.9 Å². The molecule has 3 rings (SSSR count). The van der Waals surface area contributed by atoms with E-state index in [0.717, 1.165) is 25.3 Å². The number of benzene rings is 2. The topological polar surface area (TPSA) is 32.7 Å². The molecule has 0 aliphatic carbocycles. The minimum atomic E-state index is -0.347. The quantitative estimate of drug-likeness (QED) is 0.832. The summed E-state index contributed by atoms with van der Waals surface area (Å²) in [6, 6.07) is 14.9. The van der Waals surface area contributed by atoms with Crippen LogP contribution in [0.1, 0.15) is 23.5 Å². The van der Waals surface area contributed by atoms with Gasteiger partial charge in [0.05, 0.1) is 7.11 Å². The summed E-state index contributed by atoms with van der Waals surface area (Å²) >= 11 is 1.77. The minimum absolute atomic E-state index is 0.347. The van der Waals surface area contributed by atoms with Crippen LogP contribution in [-0.4, -0.2) is 37.1 Å². The van der Waals surface area contributed by atoms with Crippen molar-refractivity contribution in [2.45, 2.75) is 35.9 Å². The van der Waals surface area contributed by atoms with Crippen molar-refractivity contribution in [2.75, 3.05) is 20.2 Å². The standard InChI is InChI=1S/C19H24BNO2S/c1-14-12-18(24-17-6-4-16(23-3)5-7-17)8-9-19(14)15-10-11-21(13-15)20(2)22/h4-9,12,15,22H,10-11,13H2,1-3H3. The van der Waals surface area contributed by atoms with E-state index in [1.807, 2.05) is 19.0 Å². The number of hydrogen-bond acceptors (Lipinski definition) is 4. The van der Waals surface area contributed by atoms with E-state index in [0.29, 0.717) is 5.92 Å². The van der Waals surface area contributed by atoms with E-state index >= 15 is 0 Å². The predicted molar refractivity (Wildman–Crippen MR) is 101 cm³/mol. The Kier molecular flexibility index (Phi) is 5.54. The number of rotatable bonds is 5. The third-order valence-electron chi connectivity index (χ3n) is 4.72. The van der Waals surface area contributed by atoms with E-state index in [9.17, 15) is 5.02 Å². The maximum absolute atomic E-state index is 9.75. The van der Waals surface area contributed by atoms with Crippen LogP contribution in [0.5, 0.6) is 5.75 Å². The summed E-state index contributed by atoms with van der Waals surface area (Å²) in [6.07, 6.45) is 1.12. The Labute approximate surface area is 149 Å². The second-order valence-corrected chi connectivity index (χ2v) is 7.56. The molecule has 1 unspecified atom stereocenters. The van der Waals surface area contributed by atoms with Gasteiger partial charge in [-0.1, -0.05) is 17.8 Å². The first-order valence-electron chi connectivity index (χ1n) is 8.41. The van der Waals surface area contributed by atoms with Crippen molar-refractivity contribution in [2.24, 2.45) is 0 Å². The fraction of sp³-hybridized carbons (Fsp3) is 0.368. The summed E-state index contributed by atoms with van der Waals surface area (Å²) < 4.78 is 5.21.